The second kappa shape index (κ2) is 4.53. The molecule has 2 N–H and O–H groups in total. The number of phenolic OH excluding ortho intramolecular Hbond substituents is 2. The summed E-state index contributed by atoms with van der Waals surface area (Å²) in [5.41, 5.74) is 0.140. The van der Waals surface area contributed by atoms with Crippen molar-refractivity contribution in [3.63, 3.8) is 0 Å². The normalized spacial score (nSPS) is 12.8. The van der Waals surface area contributed by atoms with Gasteiger partial charge in [-0.25, -0.2) is 0 Å². The van der Waals surface area contributed by atoms with Crippen molar-refractivity contribution >= 4 is 17.4 Å². The van der Waals surface area contributed by atoms with Crippen LogP contribution in [0.1, 0.15) is 24.2 Å². The number of aromatic hydroxyl groups is 2. The first kappa shape index (κ1) is 11.9. The second-order valence-electron chi connectivity index (χ2n) is 3.71. The maximum absolute atomic E-state index is 11.7. The van der Waals surface area contributed by atoms with Crippen LogP contribution in [0.4, 0.5) is 0 Å². The van der Waals surface area contributed by atoms with Crippen LogP contribution in [0, 0.1) is 5.92 Å². The zero-order valence-corrected chi connectivity index (χ0v) is 9.32. The molecule has 0 heterocycles. The highest BCUT2D eigenvalue weighted by molar-refractivity contribution is 6.34. The molecule has 1 aromatic carbocycles. The Hall–Kier alpha value is -1.22. The van der Waals surface area contributed by atoms with Crippen LogP contribution in [-0.2, 0) is 0 Å². The van der Waals surface area contributed by atoms with E-state index in [1.54, 1.807) is 0 Å². The molecule has 0 aromatic heterocycles. The monoisotopic (exact) mass is 228 g/mol. The molecule has 0 aliphatic heterocycles. The summed E-state index contributed by atoms with van der Waals surface area (Å²) >= 11 is 5.89. The molecule has 0 aliphatic carbocycles. The number of phenols is 2. The van der Waals surface area contributed by atoms with Gasteiger partial charge >= 0.3 is 0 Å². The van der Waals surface area contributed by atoms with Crippen molar-refractivity contribution in [2.75, 3.05) is 0 Å². The molecule has 1 atom stereocenters. The molecule has 4 heteroatoms. The number of Topliss-reactive ketones (excluding diaryl/α,β-unsaturated/α-hetero) is 1. The molecule has 15 heavy (non-hydrogen) atoms. The Bertz CT molecular complexity index is 374. The number of benzene rings is 1. The van der Waals surface area contributed by atoms with Crippen molar-refractivity contribution in [2.24, 2.45) is 5.92 Å². The predicted octanol–water partition coefficient (Wildman–Crippen LogP) is 2.54. The van der Waals surface area contributed by atoms with E-state index in [2.05, 4.69) is 0 Å². The maximum atomic E-state index is 11.7. The molecule has 3 nitrogen and oxygen atoms in total. The SMILES string of the molecule is CC(C)C(Cl)C(=O)c1ccc(O)cc1O. The van der Waals surface area contributed by atoms with Crippen LogP contribution in [0.15, 0.2) is 18.2 Å². The summed E-state index contributed by atoms with van der Waals surface area (Å²) in [4.78, 5) is 11.7. The summed E-state index contributed by atoms with van der Waals surface area (Å²) in [6.07, 6.45) is 0. The molecular weight excluding hydrogens is 216 g/mol. The highest BCUT2D eigenvalue weighted by Crippen LogP contribution is 2.26. The Labute approximate surface area is 93.3 Å². The molecule has 0 saturated carbocycles. The Morgan fingerprint density at radius 3 is 2.40 bits per heavy atom. The van der Waals surface area contributed by atoms with Crippen molar-refractivity contribution < 1.29 is 15.0 Å². The Balaban J connectivity index is 3.01. The molecule has 1 rings (SSSR count). The number of carbonyl (C=O) groups excluding carboxylic acids is 1. The van der Waals surface area contributed by atoms with Gasteiger partial charge in [-0.05, 0) is 18.1 Å². The number of carbonyl (C=O) groups is 1. The van der Waals surface area contributed by atoms with E-state index >= 15 is 0 Å². The second-order valence-corrected chi connectivity index (χ2v) is 4.18. The first-order valence-electron chi connectivity index (χ1n) is 4.63. The van der Waals surface area contributed by atoms with E-state index in [9.17, 15) is 9.90 Å². The van der Waals surface area contributed by atoms with Crippen LogP contribution in [0.5, 0.6) is 11.5 Å². The molecule has 0 bridgehead atoms. The van der Waals surface area contributed by atoms with Crippen LogP contribution in [-0.4, -0.2) is 21.4 Å². The van der Waals surface area contributed by atoms with E-state index in [0.29, 0.717) is 0 Å². The van der Waals surface area contributed by atoms with Crippen LogP contribution in [0.3, 0.4) is 0 Å². The van der Waals surface area contributed by atoms with Crippen molar-refractivity contribution in [1.29, 1.82) is 0 Å². The third kappa shape index (κ3) is 2.63. The van der Waals surface area contributed by atoms with Crippen molar-refractivity contribution in [2.45, 2.75) is 19.2 Å². The van der Waals surface area contributed by atoms with Gasteiger partial charge in [0.15, 0.2) is 5.78 Å². The van der Waals surface area contributed by atoms with Crippen LogP contribution in [0.2, 0.25) is 0 Å². The predicted molar refractivity (Wildman–Crippen MR) is 58.6 cm³/mol. The van der Waals surface area contributed by atoms with Crippen molar-refractivity contribution in [3.8, 4) is 11.5 Å². The van der Waals surface area contributed by atoms with Crippen LogP contribution < -0.4 is 0 Å². The summed E-state index contributed by atoms with van der Waals surface area (Å²) in [7, 11) is 0. The van der Waals surface area contributed by atoms with E-state index in [-0.39, 0.29) is 28.8 Å². The number of hydrogen-bond donors (Lipinski definition) is 2. The molecule has 0 aliphatic rings. The molecule has 82 valence electrons. The lowest BCUT2D eigenvalue weighted by Crippen LogP contribution is -2.20. The van der Waals surface area contributed by atoms with Crippen molar-refractivity contribution in [3.05, 3.63) is 23.8 Å². The molecule has 0 radical (unpaired) electrons. The third-order valence-corrected chi connectivity index (χ3v) is 2.78. The molecule has 0 spiro atoms. The van der Waals surface area contributed by atoms with Crippen LogP contribution in [0.25, 0.3) is 0 Å². The van der Waals surface area contributed by atoms with Gasteiger partial charge in [0.1, 0.15) is 11.5 Å². The van der Waals surface area contributed by atoms with E-state index in [0.717, 1.165) is 6.07 Å². The molecular formula is C11H13ClO3. The average molecular weight is 229 g/mol. The molecule has 1 aromatic rings. The molecule has 1 unspecified atom stereocenters. The zero-order chi connectivity index (χ0) is 11.6. The quantitative estimate of drug-likeness (QED) is 0.618. The molecule has 0 saturated heterocycles. The molecule has 0 fully saturated rings. The highest BCUT2D eigenvalue weighted by Gasteiger charge is 2.23. The summed E-state index contributed by atoms with van der Waals surface area (Å²) in [6, 6.07) is 3.83. The Kier molecular flexibility index (Phi) is 3.58. The standard InChI is InChI=1S/C11H13ClO3/c1-6(2)10(12)11(15)8-4-3-7(13)5-9(8)14/h3-6,10,13-14H,1-2H3. The summed E-state index contributed by atoms with van der Waals surface area (Å²) < 4.78 is 0. The number of ketones is 1. The minimum Gasteiger partial charge on any atom is -0.508 e. The van der Waals surface area contributed by atoms with Crippen molar-refractivity contribution in [1.82, 2.24) is 0 Å². The number of alkyl halides is 1. The van der Waals surface area contributed by atoms with Gasteiger partial charge in [0, 0.05) is 6.07 Å². The first-order chi connectivity index (χ1) is 6.93. The lowest BCUT2D eigenvalue weighted by atomic mass is 10.00. The van der Waals surface area contributed by atoms with Gasteiger partial charge in [-0.3, -0.25) is 4.79 Å². The fourth-order valence-corrected chi connectivity index (χ4v) is 1.30. The van der Waals surface area contributed by atoms with E-state index < -0.39 is 5.38 Å². The minimum absolute atomic E-state index is 0.00707. The van der Waals surface area contributed by atoms with E-state index in [1.807, 2.05) is 13.8 Å². The minimum atomic E-state index is -0.666. The fraction of sp³-hybridized carbons (Fsp3) is 0.364. The van der Waals surface area contributed by atoms with Crippen LogP contribution >= 0.6 is 11.6 Å². The molecule has 0 amide bonds. The van der Waals surface area contributed by atoms with E-state index in [4.69, 9.17) is 16.7 Å². The van der Waals surface area contributed by atoms with Gasteiger partial charge in [-0.1, -0.05) is 13.8 Å². The van der Waals surface area contributed by atoms with E-state index in [1.165, 1.54) is 12.1 Å². The lowest BCUT2D eigenvalue weighted by molar-refractivity contribution is 0.0970. The highest BCUT2D eigenvalue weighted by atomic mass is 35.5. The number of rotatable bonds is 3. The Morgan fingerprint density at radius 2 is 1.93 bits per heavy atom. The van der Waals surface area contributed by atoms with Gasteiger partial charge in [0.05, 0.1) is 10.9 Å². The zero-order valence-electron chi connectivity index (χ0n) is 8.57. The smallest absolute Gasteiger partial charge is 0.184 e. The number of hydrogen-bond acceptors (Lipinski definition) is 3. The topological polar surface area (TPSA) is 57.5 Å². The summed E-state index contributed by atoms with van der Waals surface area (Å²) in [5, 5.41) is 17.8. The van der Waals surface area contributed by atoms with Gasteiger partial charge in [0.25, 0.3) is 0 Å². The van der Waals surface area contributed by atoms with Gasteiger partial charge in [-0.15, -0.1) is 11.6 Å². The van der Waals surface area contributed by atoms with Gasteiger partial charge < -0.3 is 10.2 Å². The Morgan fingerprint density at radius 1 is 1.33 bits per heavy atom. The van der Waals surface area contributed by atoms with Gasteiger partial charge in [0.2, 0.25) is 0 Å². The fourth-order valence-electron chi connectivity index (χ4n) is 1.18. The average Bonchev–Trinajstić information content (AvgIpc) is 2.15. The lowest BCUT2D eigenvalue weighted by Gasteiger charge is -2.12. The summed E-state index contributed by atoms with van der Waals surface area (Å²) in [5.74, 6) is -0.664. The first-order valence-corrected chi connectivity index (χ1v) is 5.07. The number of halogens is 1. The maximum Gasteiger partial charge on any atom is 0.184 e. The van der Waals surface area contributed by atoms with Gasteiger partial charge in [-0.2, -0.15) is 0 Å². The largest absolute Gasteiger partial charge is 0.508 e. The summed E-state index contributed by atoms with van der Waals surface area (Å²) in [6.45, 7) is 3.65. The third-order valence-electron chi connectivity index (χ3n) is 2.08.